The molecule has 4 nitrogen and oxygen atoms in total. The van der Waals surface area contributed by atoms with Crippen molar-refractivity contribution < 1.29 is 9.84 Å². The Hall–Kier alpha value is -1.26. The van der Waals surface area contributed by atoms with E-state index in [0.29, 0.717) is 10.6 Å². The predicted molar refractivity (Wildman–Crippen MR) is 73.7 cm³/mol. The van der Waals surface area contributed by atoms with E-state index < -0.39 is 12.2 Å². The molecule has 18 heavy (non-hydrogen) atoms. The van der Waals surface area contributed by atoms with Gasteiger partial charge in [-0.1, -0.05) is 29.8 Å². The van der Waals surface area contributed by atoms with E-state index in [9.17, 15) is 5.11 Å². The Morgan fingerprint density at radius 1 is 1.33 bits per heavy atom. The van der Waals surface area contributed by atoms with Crippen LogP contribution in [-0.4, -0.2) is 23.3 Å². The second-order valence-electron chi connectivity index (χ2n) is 4.35. The van der Waals surface area contributed by atoms with Crippen LogP contribution in [0, 0.1) is 0 Å². The molecule has 1 aromatic carbocycles. The van der Waals surface area contributed by atoms with Gasteiger partial charge in [-0.15, -0.1) is 0 Å². The van der Waals surface area contributed by atoms with Gasteiger partial charge in [0.05, 0.1) is 0 Å². The molecule has 0 saturated heterocycles. The van der Waals surface area contributed by atoms with E-state index in [2.05, 4.69) is 4.99 Å². The number of ether oxygens (including phenoxy) is 1. The summed E-state index contributed by atoms with van der Waals surface area (Å²) in [4.78, 5) is 4.04. The standard InChI is InChI=1S/C13H19ClN2O2/c1-8(2)16-13(15)18-9(3)12(17)10-6-4-5-7-11(10)14/h4-9,12,17H,1-3H3,(H2,15,16). The monoisotopic (exact) mass is 270 g/mol. The maximum atomic E-state index is 10.1. The van der Waals surface area contributed by atoms with Crippen LogP contribution in [0.15, 0.2) is 29.3 Å². The van der Waals surface area contributed by atoms with Crippen molar-refractivity contribution in [1.82, 2.24) is 0 Å². The minimum absolute atomic E-state index is 0.0506. The van der Waals surface area contributed by atoms with Crippen LogP contribution in [0.4, 0.5) is 0 Å². The lowest BCUT2D eigenvalue weighted by molar-refractivity contribution is 0.0378. The van der Waals surface area contributed by atoms with Crippen molar-refractivity contribution in [1.29, 1.82) is 0 Å². The zero-order valence-electron chi connectivity index (χ0n) is 10.8. The van der Waals surface area contributed by atoms with E-state index in [4.69, 9.17) is 22.1 Å². The second-order valence-corrected chi connectivity index (χ2v) is 4.76. The fraction of sp³-hybridized carbons (Fsp3) is 0.462. The number of benzene rings is 1. The number of aliphatic hydroxyl groups excluding tert-OH is 1. The van der Waals surface area contributed by atoms with E-state index in [1.165, 1.54) is 0 Å². The summed E-state index contributed by atoms with van der Waals surface area (Å²) in [7, 11) is 0. The molecule has 0 fully saturated rings. The lowest BCUT2D eigenvalue weighted by Gasteiger charge is -2.21. The number of rotatable bonds is 4. The van der Waals surface area contributed by atoms with Crippen molar-refractivity contribution in [2.75, 3.05) is 0 Å². The molecule has 0 heterocycles. The Labute approximate surface area is 112 Å². The summed E-state index contributed by atoms with van der Waals surface area (Å²) >= 11 is 6.01. The van der Waals surface area contributed by atoms with Crippen molar-refractivity contribution in [3.05, 3.63) is 34.9 Å². The SMILES string of the molecule is CC(C)N=C(N)OC(C)C(O)c1ccccc1Cl. The fourth-order valence-corrected chi connectivity index (χ4v) is 1.76. The van der Waals surface area contributed by atoms with Crippen LogP contribution in [0.25, 0.3) is 0 Å². The first-order valence-corrected chi connectivity index (χ1v) is 6.22. The topological polar surface area (TPSA) is 67.8 Å². The molecule has 0 radical (unpaired) electrons. The first-order valence-electron chi connectivity index (χ1n) is 5.84. The van der Waals surface area contributed by atoms with Gasteiger partial charge in [0.15, 0.2) is 0 Å². The van der Waals surface area contributed by atoms with E-state index in [-0.39, 0.29) is 12.1 Å². The first-order chi connectivity index (χ1) is 8.41. The number of halogens is 1. The zero-order chi connectivity index (χ0) is 13.7. The molecular formula is C13H19ClN2O2. The normalized spacial score (nSPS) is 15.6. The van der Waals surface area contributed by atoms with Gasteiger partial charge in [-0.25, -0.2) is 4.99 Å². The molecule has 3 N–H and O–H groups in total. The highest BCUT2D eigenvalue weighted by atomic mass is 35.5. The third kappa shape index (κ3) is 4.20. The van der Waals surface area contributed by atoms with E-state index >= 15 is 0 Å². The van der Waals surface area contributed by atoms with Crippen molar-refractivity contribution >= 4 is 17.6 Å². The molecule has 0 spiro atoms. The maximum absolute atomic E-state index is 10.1. The van der Waals surface area contributed by atoms with Crippen molar-refractivity contribution in [3.8, 4) is 0 Å². The molecule has 2 unspecified atom stereocenters. The van der Waals surface area contributed by atoms with Gasteiger partial charge in [-0.05, 0) is 26.8 Å². The molecule has 0 aliphatic heterocycles. The van der Waals surface area contributed by atoms with Crippen LogP contribution >= 0.6 is 11.6 Å². The van der Waals surface area contributed by atoms with Crippen molar-refractivity contribution in [2.24, 2.45) is 10.7 Å². The summed E-state index contributed by atoms with van der Waals surface area (Å²) in [5.74, 6) is 0. The second kappa shape index (κ2) is 6.61. The van der Waals surface area contributed by atoms with Crippen molar-refractivity contribution in [3.63, 3.8) is 0 Å². The lowest BCUT2D eigenvalue weighted by Crippen LogP contribution is -2.28. The molecule has 0 bridgehead atoms. The molecule has 0 aliphatic carbocycles. The molecule has 5 heteroatoms. The summed E-state index contributed by atoms with van der Waals surface area (Å²) < 4.78 is 5.35. The summed E-state index contributed by atoms with van der Waals surface area (Å²) in [6.07, 6.45) is -1.37. The van der Waals surface area contributed by atoms with E-state index in [0.717, 1.165) is 0 Å². The van der Waals surface area contributed by atoms with Crippen molar-refractivity contribution in [2.45, 2.75) is 39.0 Å². The Kier molecular flexibility index (Phi) is 5.44. The lowest BCUT2D eigenvalue weighted by atomic mass is 10.1. The average Bonchev–Trinajstić information content (AvgIpc) is 2.27. The Bertz CT molecular complexity index is 421. The number of nitrogens with zero attached hydrogens (tertiary/aromatic N) is 1. The summed E-state index contributed by atoms with van der Waals surface area (Å²) in [5, 5.41) is 10.6. The Morgan fingerprint density at radius 3 is 2.50 bits per heavy atom. The third-order valence-corrected chi connectivity index (χ3v) is 2.70. The fourth-order valence-electron chi connectivity index (χ4n) is 1.51. The summed E-state index contributed by atoms with van der Waals surface area (Å²) in [6, 6.07) is 7.21. The smallest absolute Gasteiger partial charge is 0.282 e. The maximum Gasteiger partial charge on any atom is 0.282 e. The molecular weight excluding hydrogens is 252 g/mol. The molecule has 1 rings (SSSR count). The predicted octanol–water partition coefficient (Wildman–Crippen LogP) is 2.50. The molecule has 2 atom stereocenters. The Morgan fingerprint density at radius 2 is 1.94 bits per heavy atom. The number of nitrogens with two attached hydrogens (primary N) is 1. The van der Waals surface area contributed by atoms with Gasteiger partial charge in [-0.2, -0.15) is 0 Å². The van der Waals surface area contributed by atoms with Gasteiger partial charge in [0.2, 0.25) is 0 Å². The van der Waals surface area contributed by atoms with Crippen LogP contribution in [0.1, 0.15) is 32.4 Å². The van der Waals surface area contributed by atoms with E-state index in [1.807, 2.05) is 19.9 Å². The highest BCUT2D eigenvalue weighted by Gasteiger charge is 2.20. The quantitative estimate of drug-likeness (QED) is 0.652. The number of aliphatic hydroxyl groups is 1. The van der Waals surface area contributed by atoms with Gasteiger partial charge in [0.25, 0.3) is 6.02 Å². The van der Waals surface area contributed by atoms with E-state index in [1.54, 1.807) is 25.1 Å². The molecule has 0 aromatic heterocycles. The number of amidine groups is 1. The van der Waals surface area contributed by atoms with Gasteiger partial charge < -0.3 is 15.6 Å². The van der Waals surface area contributed by atoms with Gasteiger partial charge in [-0.3, -0.25) is 0 Å². The molecule has 100 valence electrons. The highest BCUT2D eigenvalue weighted by Crippen LogP contribution is 2.26. The van der Waals surface area contributed by atoms with Crippen LogP contribution in [0.2, 0.25) is 5.02 Å². The summed E-state index contributed by atoms with van der Waals surface area (Å²) in [6.45, 7) is 5.51. The number of hydrogen-bond acceptors (Lipinski definition) is 3. The molecule has 0 aliphatic rings. The Balaban J connectivity index is 2.73. The van der Waals surface area contributed by atoms with Gasteiger partial charge in [0, 0.05) is 16.6 Å². The zero-order valence-corrected chi connectivity index (χ0v) is 11.6. The van der Waals surface area contributed by atoms with Crippen LogP contribution < -0.4 is 5.73 Å². The largest absolute Gasteiger partial charge is 0.459 e. The first kappa shape index (κ1) is 14.8. The highest BCUT2D eigenvalue weighted by molar-refractivity contribution is 6.31. The molecule has 1 aromatic rings. The molecule has 0 saturated carbocycles. The van der Waals surface area contributed by atoms with Gasteiger partial charge in [0.1, 0.15) is 12.2 Å². The summed E-state index contributed by atoms with van der Waals surface area (Å²) in [5.41, 5.74) is 6.23. The third-order valence-electron chi connectivity index (χ3n) is 2.36. The average molecular weight is 271 g/mol. The number of aliphatic imine (C=N–C) groups is 1. The minimum Gasteiger partial charge on any atom is -0.459 e. The number of hydrogen-bond donors (Lipinski definition) is 2. The van der Waals surface area contributed by atoms with Crippen LogP contribution in [0.3, 0.4) is 0 Å². The van der Waals surface area contributed by atoms with Crippen LogP contribution in [-0.2, 0) is 4.74 Å². The molecule has 0 amide bonds. The van der Waals surface area contributed by atoms with Gasteiger partial charge >= 0.3 is 0 Å². The minimum atomic E-state index is -0.848. The van der Waals surface area contributed by atoms with Crippen LogP contribution in [0.5, 0.6) is 0 Å².